The summed E-state index contributed by atoms with van der Waals surface area (Å²) in [4.78, 5) is 14.1. The number of nitrogens with one attached hydrogen (secondary N) is 1. The van der Waals surface area contributed by atoms with E-state index in [0.29, 0.717) is 5.57 Å². The van der Waals surface area contributed by atoms with Gasteiger partial charge in [-0.2, -0.15) is 4.57 Å². The maximum Gasteiger partial charge on any atom is 0.336 e. The third-order valence-corrected chi connectivity index (χ3v) is 5.40. The molecule has 1 fully saturated rings. The van der Waals surface area contributed by atoms with Gasteiger partial charge < -0.3 is 9.84 Å². The zero-order chi connectivity index (χ0) is 18.8. The summed E-state index contributed by atoms with van der Waals surface area (Å²) in [5, 5.41) is 11.0. The number of allylic oxidation sites excluding steroid dienone is 1. The Hall–Kier alpha value is -1.66. The van der Waals surface area contributed by atoms with Crippen molar-refractivity contribution in [2.75, 3.05) is 7.11 Å². The van der Waals surface area contributed by atoms with Crippen LogP contribution in [0.4, 0.5) is 0 Å². The van der Waals surface area contributed by atoms with Gasteiger partial charge in [0.15, 0.2) is 18.0 Å². The van der Waals surface area contributed by atoms with E-state index >= 15 is 0 Å². The molecule has 0 aliphatic heterocycles. The lowest BCUT2D eigenvalue weighted by molar-refractivity contribution is -0.785. The number of halogens is 2. The third kappa shape index (κ3) is 3.21. The summed E-state index contributed by atoms with van der Waals surface area (Å²) in [5.74, 6) is -0.776. The number of nitrogens with zero attached hydrogens (tertiary/aromatic N) is 1. The average Bonchev–Trinajstić information content (AvgIpc) is 3.15. The van der Waals surface area contributed by atoms with Crippen molar-refractivity contribution < 1.29 is 19.2 Å². The summed E-state index contributed by atoms with van der Waals surface area (Å²) in [6.45, 7) is 0. The van der Waals surface area contributed by atoms with Crippen molar-refractivity contribution in [2.24, 2.45) is 0 Å². The smallest absolute Gasteiger partial charge is 0.336 e. The number of carbonyl (C=O) groups is 1. The highest BCUT2D eigenvalue weighted by Crippen LogP contribution is 2.41. The molecular weight excluding hydrogens is 375 g/mol. The predicted octanol–water partition coefficient (Wildman–Crippen LogP) is 2.84. The number of methoxy groups -OCH3 is 1. The number of aliphatic hydroxyl groups is 1. The normalized spacial score (nSPS) is 28.4. The summed E-state index contributed by atoms with van der Waals surface area (Å²) >= 11 is 12.1. The Kier molecular flexibility index (Phi) is 5.53. The highest BCUT2D eigenvalue weighted by Gasteiger charge is 2.53. The first-order chi connectivity index (χ1) is 12.5. The molecule has 0 radical (unpaired) electrons. The molecule has 2 N–H and O–H groups in total. The van der Waals surface area contributed by atoms with Gasteiger partial charge in [-0.25, -0.2) is 0 Å². The molecule has 0 saturated heterocycles. The zero-order valence-electron chi connectivity index (χ0n) is 14.4. The van der Waals surface area contributed by atoms with Crippen LogP contribution in [0.5, 0.6) is 0 Å². The maximum atomic E-state index is 12.1. The Balaban J connectivity index is 2.21. The molecule has 2 aliphatic carbocycles. The fraction of sp³-hybridized carbons (Fsp3) is 0.368. The van der Waals surface area contributed by atoms with Crippen molar-refractivity contribution in [3.05, 3.63) is 65.0 Å². The van der Waals surface area contributed by atoms with Gasteiger partial charge in [0.05, 0.1) is 5.57 Å². The molecule has 1 heterocycles. The molecule has 0 bridgehead atoms. The van der Waals surface area contributed by atoms with Crippen molar-refractivity contribution in [3.63, 3.8) is 0 Å². The molecule has 1 aromatic heterocycles. The molecule has 1 aromatic rings. The number of carbonyl (C=O) groups excluding carboxylic acids is 1. The number of aromatic nitrogens is 1. The van der Waals surface area contributed by atoms with Crippen molar-refractivity contribution in [2.45, 2.75) is 37.0 Å². The molecule has 26 heavy (non-hydrogen) atoms. The number of pyridine rings is 1. The van der Waals surface area contributed by atoms with E-state index in [0.717, 1.165) is 25.7 Å². The van der Waals surface area contributed by atoms with Crippen LogP contribution in [0, 0.1) is 0 Å². The lowest BCUT2D eigenvalue weighted by Crippen LogP contribution is -2.61. The van der Waals surface area contributed by atoms with E-state index < -0.39 is 17.2 Å². The van der Waals surface area contributed by atoms with Crippen LogP contribution in [-0.2, 0) is 15.3 Å². The topological polar surface area (TPSA) is 62.4 Å². The second-order valence-electron chi connectivity index (χ2n) is 6.48. The van der Waals surface area contributed by atoms with E-state index in [1.807, 2.05) is 46.1 Å². The Morgan fingerprint density at radius 2 is 1.92 bits per heavy atom. The molecule has 138 valence electrons. The number of ether oxygens (including phenoxy) is 1. The summed E-state index contributed by atoms with van der Waals surface area (Å²) in [6.07, 6.45) is 12.5. The van der Waals surface area contributed by atoms with Crippen LogP contribution < -0.4 is 9.40 Å². The van der Waals surface area contributed by atoms with Crippen molar-refractivity contribution in [3.8, 4) is 0 Å². The second-order valence-corrected chi connectivity index (χ2v) is 7.08. The van der Waals surface area contributed by atoms with Crippen LogP contribution in [0.15, 0.2) is 65.0 Å². The Morgan fingerprint density at radius 1 is 1.27 bits per heavy atom. The fourth-order valence-electron chi connectivity index (χ4n) is 3.55. The van der Waals surface area contributed by atoms with Gasteiger partial charge in [-0.05, 0) is 43.9 Å². The van der Waals surface area contributed by atoms with Crippen LogP contribution in [-0.4, -0.2) is 23.7 Å². The SMILES string of the molecule is COC1([n+]2ccccc2)C(Cl)=CC(O)(C(=O)NCl)C=C1C=C1CCCC1. The van der Waals surface area contributed by atoms with Crippen LogP contribution in [0.25, 0.3) is 0 Å². The van der Waals surface area contributed by atoms with Crippen LogP contribution in [0.1, 0.15) is 25.7 Å². The Labute approximate surface area is 162 Å². The highest BCUT2D eigenvalue weighted by molar-refractivity contribution is 6.31. The minimum absolute atomic E-state index is 0.173. The Morgan fingerprint density at radius 3 is 2.50 bits per heavy atom. The van der Waals surface area contributed by atoms with Gasteiger partial charge in [-0.1, -0.05) is 23.2 Å². The molecule has 0 aromatic carbocycles. The Bertz CT molecular complexity index is 783. The van der Waals surface area contributed by atoms with Crippen LogP contribution >= 0.6 is 23.4 Å². The standard InChI is InChI=1S/C19H20Cl2N2O3/c1-26-19(23-9-5-2-6-10-23)15(11-14-7-3-4-8-14)12-18(25,13-16(19)20)17(24)22-21/h2,5-6,9-13,25H,3-4,7-8H2,1H3/p+1. The zero-order valence-corrected chi connectivity index (χ0v) is 15.9. The molecule has 2 aliphatic rings. The van der Waals surface area contributed by atoms with Crippen molar-refractivity contribution in [1.29, 1.82) is 0 Å². The monoisotopic (exact) mass is 395 g/mol. The molecular formula is C19H21Cl2N2O3+. The molecule has 1 saturated carbocycles. The quantitative estimate of drug-likeness (QED) is 0.608. The van der Waals surface area contributed by atoms with Gasteiger partial charge >= 0.3 is 5.72 Å². The van der Waals surface area contributed by atoms with Gasteiger partial charge in [0.25, 0.3) is 5.91 Å². The first-order valence-corrected chi connectivity index (χ1v) is 9.19. The summed E-state index contributed by atoms with van der Waals surface area (Å²) < 4.78 is 7.69. The minimum Gasteiger partial charge on any atom is -0.373 e. The average molecular weight is 396 g/mol. The number of amides is 1. The molecule has 7 heteroatoms. The second kappa shape index (κ2) is 7.53. The first kappa shape index (κ1) is 19.1. The highest BCUT2D eigenvalue weighted by atomic mass is 35.5. The molecule has 1 amide bonds. The molecule has 2 atom stereocenters. The fourth-order valence-corrected chi connectivity index (χ4v) is 4.15. The van der Waals surface area contributed by atoms with E-state index in [-0.39, 0.29) is 5.03 Å². The predicted molar refractivity (Wildman–Crippen MR) is 99.1 cm³/mol. The largest absolute Gasteiger partial charge is 0.373 e. The number of hydrogen-bond acceptors (Lipinski definition) is 3. The van der Waals surface area contributed by atoms with Crippen molar-refractivity contribution >= 4 is 29.3 Å². The summed E-state index contributed by atoms with van der Waals surface area (Å²) in [6, 6.07) is 5.60. The number of hydrogen-bond donors (Lipinski definition) is 2. The molecule has 0 spiro atoms. The van der Waals surface area contributed by atoms with E-state index in [2.05, 4.69) is 0 Å². The maximum absolute atomic E-state index is 12.1. The summed E-state index contributed by atoms with van der Waals surface area (Å²) in [7, 11) is 1.54. The summed E-state index contributed by atoms with van der Waals surface area (Å²) in [5.41, 5.74) is -1.31. The van der Waals surface area contributed by atoms with Gasteiger partial charge in [0.1, 0.15) is 5.03 Å². The molecule has 2 unspecified atom stereocenters. The third-order valence-electron chi connectivity index (χ3n) is 4.87. The van der Waals surface area contributed by atoms with Crippen molar-refractivity contribution in [1.82, 2.24) is 4.84 Å². The molecule has 5 nitrogen and oxygen atoms in total. The van der Waals surface area contributed by atoms with E-state index in [1.165, 1.54) is 17.7 Å². The lowest BCUT2D eigenvalue weighted by Gasteiger charge is -2.34. The van der Waals surface area contributed by atoms with Gasteiger partial charge in [0.2, 0.25) is 0 Å². The van der Waals surface area contributed by atoms with E-state index in [4.69, 9.17) is 28.1 Å². The van der Waals surface area contributed by atoms with Crippen LogP contribution in [0.3, 0.4) is 0 Å². The van der Waals surface area contributed by atoms with Crippen LogP contribution in [0.2, 0.25) is 0 Å². The lowest BCUT2D eigenvalue weighted by atomic mass is 9.85. The van der Waals surface area contributed by atoms with Gasteiger partial charge in [0, 0.05) is 31.0 Å². The molecule has 3 rings (SSSR count). The first-order valence-electron chi connectivity index (χ1n) is 8.43. The van der Waals surface area contributed by atoms with E-state index in [9.17, 15) is 9.90 Å². The minimum atomic E-state index is -1.96. The number of rotatable bonds is 4. The van der Waals surface area contributed by atoms with E-state index in [1.54, 1.807) is 7.11 Å². The van der Waals surface area contributed by atoms with Gasteiger partial charge in [-0.15, -0.1) is 0 Å². The van der Waals surface area contributed by atoms with Gasteiger partial charge in [-0.3, -0.25) is 9.63 Å².